The monoisotopic (exact) mass is 479 g/mol. The van der Waals surface area contributed by atoms with Gasteiger partial charge < -0.3 is 20.1 Å². The minimum atomic E-state index is -1.000. The molecule has 0 saturated heterocycles. The summed E-state index contributed by atoms with van der Waals surface area (Å²) in [5, 5.41) is 6.09. The van der Waals surface area contributed by atoms with Gasteiger partial charge in [0.2, 0.25) is 5.91 Å². The molecule has 0 unspecified atom stereocenters. The van der Waals surface area contributed by atoms with Gasteiger partial charge in [-0.3, -0.25) is 14.2 Å². The van der Waals surface area contributed by atoms with Crippen molar-refractivity contribution in [2.45, 2.75) is 45.8 Å². The van der Waals surface area contributed by atoms with Crippen LogP contribution in [-0.2, 0) is 25.5 Å². The third-order valence-electron chi connectivity index (χ3n) is 5.07. The second kappa shape index (κ2) is 10.4. The highest BCUT2D eigenvalue weighted by Crippen LogP contribution is 2.24. The third kappa shape index (κ3) is 6.47. The topological polar surface area (TPSA) is 116 Å². The number of aromatic nitrogens is 1. The van der Waals surface area contributed by atoms with Crippen LogP contribution in [0.25, 0.3) is 10.9 Å². The van der Waals surface area contributed by atoms with Gasteiger partial charge in [-0.1, -0.05) is 18.2 Å². The van der Waals surface area contributed by atoms with Crippen LogP contribution in [-0.4, -0.2) is 47.2 Å². The van der Waals surface area contributed by atoms with Gasteiger partial charge >= 0.3 is 12.1 Å². The van der Waals surface area contributed by atoms with E-state index >= 15 is 0 Å². The summed E-state index contributed by atoms with van der Waals surface area (Å²) in [7, 11) is 1.24. The largest absolute Gasteiger partial charge is 0.467 e. The van der Waals surface area contributed by atoms with Crippen LogP contribution in [0, 0.1) is 0 Å². The molecule has 1 aromatic heterocycles. The Hall–Kier alpha value is -4.14. The first kappa shape index (κ1) is 25.5. The average Bonchev–Trinajstić information content (AvgIpc) is 3.15. The molecule has 0 saturated carbocycles. The number of rotatable bonds is 6. The van der Waals surface area contributed by atoms with Crippen LogP contribution >= 0.6 is 0 Å². The molecular formula is C26H29N3O6. The molecule has 1 heterocycles. The zero-order valence-electron chi connectivity index (χ0n) is 20.4. The predicted molar refractivity (Wildman–Crippen MR) is 131 cm³/mol. The lowest BCUT2D eigenvalue weighted by molar-refractivity contribution is -0.142. The van der Waals surface area contributed by atoms with Crippen LogP contribution in [0.5, 0.6) is 0 Å². The lowest BCUT2D eigenvalue weighted by Gasteiger charge is -2.19. The summed E-state index contributed by atoms with van der Waals surface area (Å²) in [5.74, 6) is -1.33. The number of benzene rings is 2. The number of hydrogen-bond acceptors (Lipinski definition) is 6. The van der Waals surface area contributed by atoms with Crippen molar-refractivity contribution in [2.75, 3.05) is 12.4 Å². The fourth-order valence-electron chi connectivity index (χ4n) is 3.58. The van der Waals surface area contributed by atoms with E-state index in [1.807, 2.05) is 12.1 Å². The van der Waals surface area contributed by atoms with Crippen molar-refractivity contribution in [3.05, 3.63) is 65.9 Å². The fourth-order valence-corrected chi connectivity index (χ4v) is 3.58. The summed E-state index contributed by atoms with van der Waals surface area (Å²) in [6, 6.07) is 12.5. The molecule has 3 rings (SSSR count). The molecule has 2 aromatic carbocycles. The van der Waals surface area contributed by atoms with Crippen molar-refractivity contribution < 1.29 is 28.7 Å². The van der Waals surface area contributed by atoms with Crippen molar-refractivity contribution in [1.29, 1.82) is 0 Å². The Morgan fingerprint density at radius 3 is 2.26 bits per heavy atom. The van der Waals surface area contributed by atoms with Crippen LogP contribution in [0.4, 0.5) is 10.5 Å². The number of anilines is 1. The molecule has 0 spiro atoms. The molecule has 0 aliphatic rings. The molecule has 0 aliphatic heterocycles. The average molecular weight is 480 g/mol. The summed E-state index contributed by atoms with van der Waals surface area (Å²) >= 11 is 0. The van der Waals surface area contributed by atoms with Gasteiger partial charge in [-0.2, -0.15) is 0 Å². The summed E-state index contributed by atoms with van der Waals surface area (Å²) in [5.41, 5.74) is 1.47. The molecule has 9 nitrogen and oxygen atoms in total. The van der Waals surface area contributed by atoms with Crippen LogP contribution in [0.15, 0.2) is 54.7 Å². The standard InChI is InChI=1S/C26H29N3O6/c1-16(30)27-19-12-10-17(11-13-19)23(31)28-21(24(32)34-5)14-18-15-29(25(33)35-26(2,3)4)22-9-7-6-8-20(18)22/h6-13,15,21H,14H2,1-5H3,(H,27,30)(H,28,31)/t21-/m1/s1. The van der Waals surface area contributed by atoms with E-state index in [2.05, 4.69) is 10.6 Å². The molecule has 2 amide bonds. The van der Waals surface area contributed by atoms with Crippen LogP contribution in [0.2, 0.25) is 0 Å². The maximum absolute atomic E-state index is 12.8. The normalized spacial score (nSPS) is 12.0. The zero-order chi connectivity index (χ0) is 25.8. The first-order valence-electron chi connectivity index (χ1n) is 11.1. The molecule has 1 atom stereocenters. The Morgan fingerprint density at radius 2 is 1.66 bits per heavy atom. The fraction of sp³-hybridized carbons (Fsp3) is 0.308. The number of hydrogen-bond donors (Lipinski definition) is 2. The van der Waals surface area contributed by atoms with Crippen LogP contribution < -0.4 is 10.6 Å². The van der Waals surface area contributed by atoms with Crippen LogP contribution in [0.3, 0.4) is 0 Å². The number of para-hydroxylation sites is 1. The van der Waals surface area contributed by atoms with Gasteiger partial charge in [0.25, 0.3) is 5.91 Å². The predicted octanol–water partition coefficient (Wildman–Crippen LogP) is 3.90. The third-order valence-corrected chi connectivity index (χ3v) is 5.07. The summed E-state index contributed by atoms with van der Waals surface area (Å²) in [6.45, 7) is 6.73. The summed E-state index contributed by atoms with van der Waals surface area (Å²) in [4.78, 5) is 49.4. The van der Waals surface area contributed by atoms with E-state index in [0.29, 0.717) is 22.3 Å². The SMILES string of the molecule is COC(=O)[C@@H](Cc1cn(C(=O)OC(C)(C)C)c2ccccc12)NC(=O)c1ccc(NC(C)=O)cc1. The van der Waals surface area contributed by atoms with Gasteiger partial charge in [0, 0.05) is 36.2 Å². The molecule has 184 valence electrons. The minimum Gasteiger partial charge on any atom is -0.467 e. The molecule has 9 heteroatoms. The Bertz CT molecular complexity index is 1250. The first-order valence-corrected chi connectivity index (χ1v) is 11.1. The quantitative estimate of drug-likeness (QED) is 0.518. The molecule has 0 aliphatic carbocycles. The van der Waals surface area contributed by atoms with E-state index in [1.165, 1.54) is 18.6 Å². The number of amides is 2. The van der Waals surface area contributed by atoms with Gasteiger partial charge in [0.1, 0.15) is 11.6 Å². The maximum atomic E-state index is 12.8. The number of carbonyl (C=O) groups excluding carboxylic acids is 4. The highest BCUT2D eigenvalue weighted by molar-refractivity contribution is 5.98. The number of carbonyl (C=O) groups is 4. The van der Waals surface area contributed by atoms with E-state index in [0.717, 1.165) is 5.39 Å². The van der Waals surface area contributed by atoms with E-state index in [4.69, 9.17) is 9.47 Å². The van der Waals surface area contributed by atoms with Gasteiger partial charge in [0.15, 0.2) is 0 Å². The lowest BCUT2D eigenvalue weighted by atomic mass is 10.0. The van der Waals surface area contributed by atoms with E-state index < -0.39 is 29.6 Å². The van der Waals surface area contributed by atoms with Gasteiger partial charge in [0.05, 0.1) is 12.6 Å². The first-order chi connectivity index (χ1) is 16.5. The number of nitrogens with zero attached hydrogens (tertiary/aromatic N) is 1. The second-order valence-corrected chi connectivity index (χ2v) is 9.03. The van der Waals surface area contributed by atoms with Gasteiger partial charge in [-0.25, -0.2) is 9.59 Å². The van der Waals surface area contributed by atoms with Crippen molar-refractivity contribution >= 4 is 40.5 Å². The van der Waals surface area contributed by atoms with E-state index in [1.54, 1.807) is 63.4 Å². The highest BCUT2D eigenvalue weighted by atomic mass is 16.6. The Balaban J connectivity index is 1.87. The molecule has 0 fully saturated rings. The zero-order valence-corrected chi connectivity index (χ0v) is 20.4. The number of methoxy groups -OCH3 is 1. The Labute approximate surface area is 203 Å². The number of fused-ring (bicyclic) bond motifs is 1. The summed E-state index contributed by atoms with van der Waals surface area (Å²) in [6.07, 6.45) is 1.17. The molecule has 3 aromatic rings. The molecule has 35 heavy (non-hydrogen) atoms. The van der Waals surface area contributed by atoms with Gasteiger partial charge in [-0.05, 0) is 56.7 Å². The van der Waals surface area contributed by atoms with E-state index in [-0.39, 0.29) is 12.3 Å². The number of ether oxygens (including phenoxy) is 2. The second-order valence-electron chi connectivity index (χ2n) is 9.03. The van der Waals surface area contributed by atoms with Crippen LogP contribution in [0.1, 0.15) is 43.6 Å². The molecular weight excluding hydrogens is 450 g/mol. The smallest absolute Gasteiger partial charge is 0.419 e. The van der Waals surface area contributed by atoms with Crippen molar-refractivity contribution in [3.8, 4) is 0 Å². The Kier molecular flexibility index (Phi) is 7.58. The van der Waals surface area contributed by atoms with Crippen molar-refractivity contribution in [1.82, 2.24) is 9.88 Å². The molecule has 0 bridgehead atoms. The lowest BCUT2D eigenvalue weighted by Crippen LogP contribution is -2.43. The summed E-state index contributed by atoms with van der Waals surface area (Å²) < 4.78 is 11.8. The minimum absolute atomic E-state index is 0.0959. The molecule has 2 N–H and O–H groups in total. The van der Waals surface area contributed by atoms with Crippen molar-refractivity contribution in [3.63, 3.8) is 0 Å². The maximum Gasteiger partial charge on any atom is 0.419 e. The number of esters is 1. The van der Waals surface area contributed by atoms with E-state index in [9.17, 15) is 19.2 Å². The van der Waals surface area contributed by atoms with Gasteiger partial charge in [-0.15, -0.1) is 0 Å². The van der Waals surface area contributed by atoms with Crippen molar-refractivity contribution in [2.24, 2.45) is 0 Å². The highest BCUT2D eigenvalue weighted by Gasteiger charge is 2.26. The number of nitrogens with one attached hydrogen (secondary N) is 2. The Morgan fingerprint density at radius 1 is 1.00 bits per heavy atom. The molecule has 0 radical (unpaired) electrons.